The minimum atomic E-state index is -0.107. The van der Waals surface area contributed by atoms with E-state index in [1.165, 1.54) is 12.0 Å². The summed E-state index contributed by atoms with van der Waals surface area (Å²) < 4.78 is 4.09. The van der Waals surface area contributed by atoms with Gasteiger partial charge in [0.25, 0.3) is 5.91 Å². The van der Waals surface area contributed by atoms with Crippen molar-refractivity contribution in [1.82, 2.24) is 29.6 Å². The van der Waals surface area contributed by atoms with Gasteiger partial charge in [0.2, 0.25) is 0 Å². The molecule has 5 rings (SSSR count). The van der Waals surface area contributed by atoms with Gasteiger partial charge < -0.3 is 9.88 Å². The Hall–Kier alpha value is -3.48. The summed E-state index contributed by atoms with van der Waals surface area (Å²) >= 11 is 0. The smallest absolute Gasteiger partial charge is 0.253 e. The van der Waals surface area contributed by atoms with Crippen LogP contribution in [0.15, 0.2) is 48.8 Å². The summed E-state index contributed by atoms with van der Waals surface area (Å²) in [7, 11) is 0. The van der Waals surface area contributed by atoms with Crippen LogP contribution in [-0.4, -0.2) is 30.2 Å². The highest BCUT2D eigenvalue weighted by Gasteiger charge is 2.20. The van der Waals surface area contributed by atoms with Gasteiger partial charge in [0.15, 0.2) is 5.65 Å². The van der Waals surface area contributed by atoms with Crippen molar-refractivity contribution < 1.29 is 4.79 Å². The largest absolute Gasteiger partial charge is 0.348 e. The first-order valence-electron chi connectivity index (χ1n) is 10.9. The minimum absolute atomic E-state index is 0.107. The maximum absolute atomic E-state index is 13.0. The number of carbonyl (C=O) groups excluding carboxylic acids is 1. The van der Waals surface area contributed by atoms with Gasteiger partial charge in [-0.2, -0.15) is 5.10 Å². The van der Waals surface area contributed by atoms with E-state index in [9.17, 15) is 4.79 Å². The number of nitrogens with one attached hydrogen (secondary N) is 1. The molecule has 1 aliphatic rings. The van der Waals surface area contributed by atoms with Crippen molar-refractivity contribution in [3.8, 4) is 0 Å². The van der Waals surface area contributed by atoms with Gasteiger partial charge in [-0.25, -0.2) is 9.97 Å². The lowest BCUT2D eigenvalue weighted by Crippen LogP contribution is -2.23. The molecule has 3 aromatic heterocycles. The molecule has 7 nitrogen and oxygen atoms in total. The van der Waals surface area contributed by atoms with Crippen LogP contribution in [0, 0.1) is 6.92 Å². The van der Waals surface area contributed by atoms with Crippen LogP contribution in [0.2, 0.25) is 0 Å². The molecule has 1 N–H and O–H groups in total. The molecule has 0 unspecified atom stereocenters. The van der Waals surface area contributed by atoms with Crippen molar-refractivity contribution in [2.75, 3.05) is 0 Å². The number of carbonyl (C=O) groups is 1. The predicted octanol–water partition coefficient (Wildman–Crippen LogP) is 3.64. The summed E-state index contributed by atoms with van der Waals surface area (Å²) in [5, 5.41) is 7.29. The molecule has 1 aromatic carbocycles. The standard InChI is InChI=1S/C24H26N6O/c1-17-14-20(22-23(27-17)30-13-4-2-3-6-21(30)28-22)24(31)25-15-18-7-9-19(10-8-18)16-29-12-5-11-26-29/h5,7-12,14H,2-4,6,13,15-16H2,1H3,(H,25,31). The number of benzene rings is 1. The number of hydrogen-bond donors (Lipinski definition) is 1. The fraction of sp³-hybridized carbons (Fsp3) is 0.333. The molecule has 0 spiro atoms. The topological polar surface area (TPSA) is 77.6 Å². The number of hydrogen-bond acceptors (Lipinski definition) is 4. The zero-order chi connectivity index (χ0) is 21.2. The van der Waals surface area contributed by atoms with Crippen LogP contribution >= 0.6 is 0 Å². The first-order chi connectivity index (χ1) is 15.2. The fourth-order valence-electron chi connectivity index (χ4n) is 4.21. The van der Waals surface area contributed by atoms with Crippen LogP contribution < -0.4 is 5.32 Å². The molecule has 0 saturated carbocycles. The average molecular weight is 415 g/mol. The van der Waals surface area contributed by atoms with Gasteiger partial charge >= 0.3 is 0 Å². The Kier molecular flexibility index (Phi) is 5.24. The van der Waals surface area contributed by atoms with Crippen molar-refractivity contribution in [2.45, 2.75) is 52.2 Å². The number of aryl methyl sites for hydroxylation is 3. The molecule has 4 heterocycles. The number of aromatic nitrogens is 5. The number of pyridine rings is 1. The molecule has 7 heteroatoms. The number of imidazole rings is 1. The molecule has 1 aliphatic heterocycles. The number of rotatable bonds is 5. The maximum atomic E-state index is 13.0. The number of amides is 1. The molecule has 4 aromatic rings. The zero-order valence-electron chi connectivity index (χ0n) is 17.7. The molecule has 0 atom stereocenters. The molecular weight excluding hydrogens is 388 g/mol. The summed E-state index contributed by atoms with van der Waals surface area (Å²) in [4.78, 5) is 22.6. The molecule has 31 heavy (non-hydrogen) atoms. The lowest BCUT2D eigenvalue weighted by molar-refractivity contribution is 0.0952. The van der Waals surface area contributed by atoms with Crippen LogP contribution in [-0.2, 0) is 26.1 Å². The first-order valence-corrected chi connectivity index (χ1v) is 10.9. The number of fused-ring (bicyclic) bond motifs is 3. The van der Waals surface area contributed by atoms with Crippen LogP contribution in [0.3, 0.4) is 0 Å². The third-order valence-electron chi connectivity index (χ3n) is 5.82. The summed E-state index contributed by atoms with van der Waals surface area (Å²) in [6.07, 6.45) is 8.15. The van der Waals surface area contributed by atoms with E-state index in [2.05, 4.69) is 27.1 Å². The molecule has 0 radical (unpaired) electrons. The van der Waals surface area contributed by atoms with E-state index in [-0.39, 0.29) is 5.91 Å². The van der Waals surface area contributed by atoms with E-state index in [4.69, 9.17) is 9.97 Å². The second kappa shape index (κ2) is 8.34. The molecule has 0 saturated heterocycles. The Labute approximate surface area is 181 Å². The summed E-state index contributed by atoms with van der Waals surface area (Å²) in [5.41, 5.74) is 5.23. The van der Waals surface area contributed by atoms with Gasteiger partial charge in [-0.3, -0.25) is 9.48 Å². The summed E-state index contributed by atoms with van der Waals surface area (Å²) in [5.74, 6) is 0.941. The van der Waals surface area contributed by atoms with Crippen molar-refractivity contribution in [1.29, 1.82) is 0 Å². The highest BCUT2D eigenvalue weighted by Crippen LogP contribution is 2.24. The Balaban J connectivity index is 1.32. The molecule has 158 valence electrons. The molecule has 0 aliphatic carbocycles. The Morgan fingerprint density at radius 2 is 1.94 bits per heavy atom. The highest BCUT2D eigenvalue weighted by molar-refractivity contribution is 6.04. The number of nitrogens with zero attached hydrogens (tertiary/aromatic N) is 5. The second-order valence-corrected chi connectivity index (χ2v) is 8.18. The first kappa shape index (κ1) is 19.5. The maximum Gasteiger partial charge on any atom is 0.253 e. The Morgan fingerprint density at radius 1 is 1.10 bits per heavy atom. The van der Waals surface area contributed by atoms with E-state index >= 15 is 0 Å². The molecule has 1 amide bonds. The third kappa shape index (κ3) is 4.08. The van der Waals surface area contributed by atoms with Crippen LogP contribution in [0.5, 0.6) is 0 Å². The zero-order valence-corrected chi connectivity index (χ0v) is 17.7. The third-order valence-corrected chi connectivity index (χ3v) is 5.82. The monoisotopic (exact) mass is 414 g/mol. The van der Waals surface area contributed by atoms with Crippen molar-refractivity contribution in [3.05, 3.63) is 77.0 Å². The van der Waals surface area contributed by atoms with Gasteiger partial charge in [0, 0.05) is 37.6 Å². The lowest BCUT2D eigenvalue weighted by atomic mass is 10.1. The van der Waals surface area contributed by atoms with E-state index in [1.807, 2.05) is 42.1 Å². The van der Waals surface area contributed by atoms with E-state index in [1.54, 1.807) is 6.20 Å². The average Bonchev–Trinajstić information content (AvgIpc) is 3.34. The Bertz CT molecular complexity index is 1210. The van der Waals surface area contributed by atoms with Crippen molar-refractivity contribution in [3.63, 3.8) is 0 Å². The normalized spacial score (nSPS) is 13.7. The predicted molar refractivity (Wildman–Crippen MR) is 119 cm³/mol. The van der Waals surface area contributed by atoms with Crippen molar-refractivity contribution >= 4 is 17.1 Å². The molecule has 0 fully saturated rings. The van der Waals surface area contributed by atoms with E-state index < -0.39 is 0 Å². The van der Waals surface area contributed by atoms with Gasteiger partial charge in [-0.1, -0.05) is 30.7 Å². The lowest BCUT2D eigenvalue weighted by Gasteiger charge is -2.09. The van der Waals surface area contributed by atoms with Crippen LogP contribution in [0.4, 0.5) is 0 Å². The van der Waals surface area contributed by atoms with Gasteiger partial charge in [0.05, 0.1) is 12.1 Å². The Morgan fingerprint density at radius 3 is 2.74 bits per heavy atom. The van der Waals surface area contributed by atoms with E-state index in [0.29, 0.717) is 12.1 Å². The summed E-state index contributed by atoms with van der Waals surface area (Å²) in [6, 6.07) is 12.0. The second-order valence-electron chi connectivity index (χ2n) is 8.18. The van der Waals surface area contributed by atoms with Crippen LogP contribution in [0.1, 0.15) is 52.3 Å². The molecular formula is C24H26N6O. The van der Waals surface area contributed by atoms with Gasteiger partial charge in [-0.15, -0.1) is 0 Å². The van der Waals surface area contributed by atoms with Gasteiger partial charge in [0.1, 0.15) is 11.3 Å². The SMILES string of the molecule is Cc1cc(C(=O)NCc2ccc(Cn3cccn3)cc2)c2nc3n(c2n1)CCCCC3. The minimum Gasteiger partial charge on any atom is -0.348 e. The van der Waals surface area contributed by atoms with Crippen molar-refractivity contribution in [2.24, 2.45) is 0 Å². The highest BCUT2D eigenvalue weighted by atomic mass is 16.1. The van der Waals surface area contributed by atoms with Crippen LogP contribution in [0.25, 0.3) is 11.2 Å². The van der Waals surface area contributed by atoms with E-state index in [0.717, 1.165) is 60.6 Å². The van der Waals surface area contributed by atoms with Gasteiger partial charge in [-0.05, 0) is 43.0 Å². The molecule has 0 bridgehead atoms. The summed E-state index contributed by atoms with van der Waals surface area (Å²) in [6.45, 7) is 4.07. The quantitative estimate of drug-likeness (QED) is 0.541. The fourth-order valence-corrected chi connectivity index (χ4v) is 4.21.